The smallest absolute Gasteiger partial charge is 0.261 e. The first kappa shape index (κ1) is 22.3. The minimum absolute atomic E-state index is 0.0871. The summed E-state index contributed by atoms with van der Waals surface area (Å²) in [5.41, 5.74) is 2.32. The van der Waals surface area contributed by atoms with Gasteiger partial charge in [-0.2, -0.15) is 0 Å². The first-order valence-corrected chi connectivity index (χ1v) is 11.7. The second-order valence-electron chi connectivity index (χ2n) is 7.37. The van der Waals surface area contributed by atoms with Crippen LogP contribution in [0, 0.1) is 6.92 Å². The Morgan fingerprint density at radius 2 is 1.79 bits per heavy atom. The van der Waals surface area contributed by atoms with Crippen molar-refractivity contribution in [3.63, 3.8) is 0 Å². The number of methoxy groups -OCH3 is 1. The molecule has 0 radical (unpaired) electrons. The van der Waals surface area contributed by atoms with Gasteiger partial charge < -0.3 is 14.8 Å². The van der Waals surface area contributed by atoms with Gasteiger partial charge in [0.2, 0.25) is 5.90 Å². The van der Waals surface area contributed by atoms with Crippen molar-refractivity contribution in [2.24, 2.45) is 4.99 Å². The predicted molar refractivity (Wildman–Crippen MR) is 127 cm³/mol. The minimum atomic E-state index is -3.93. The van der Waals surface area contributed by atoms with Crippen molar-refractivity contribution in [3.8, 4) is 5.75 Å². The maximum Gasteiger partial charge on any atom is 0.261 e. The van der Waals surface area contributed by atoms with Gasteiger partial charge in [0.15, 0.2) is 0 Å². The number of benzene rings is 3. The van der Waals surface area contributed by atoms with E-state index in [-0.39, 0.29) is 16.1 Å². The van der Waals surface area contributed by atoms with Crippen LogP contribution in [0.2, 0.25) is 0 Å². The lowest BCUT2D eigenvalue weighted by Gasteiger charge is -2.15. The number of nitrogens with zero attached hydrogens (tertiary/aromatic N) is 1. The predicted octanol–water partition coefficient (Wildman–Crippen LogP) is 3.83. The van der Waals surface area contributed by atoms with Gasteiger partial charge in [0, 0.05) is 6.07 Å². The molecule has 0 bridgehead atoms. The van der Waals surface area contributed by atoms with Crippen molar-refractivity contribution < 1.29 is 22.7 Å². The molecule has 1 aliphatic heterocycles. The van der Waals surface area contributed by atoms with Gasteiger partial charge in [0.1, 0.15) is 12.4 Å². The first-order chi connectivity index (χ1) is 15.9. The summed E-state index contributed by atoms with van der Waals surface area (Å²) < 4.78 is 39.2. The van der Waals surface area contributed by atoms with E-state index in [4.69, 9.17) is 9.47 Å². The number of carbonyl (C=O) groups excluding carboxylic acids is 1. The Balaban J connectivity index is 1.66. The number of anilines is 2. The average molecular weight is 466 g/mol. The topological polar surface area (TPSA) is 106 Å². The van der Waals surface area contributed by atoms with Gasteiger partial charge in [-0.25, -0.2) is 13.4 Å². The molecule has 0 unspecified atom stereocenters. The molecule has 33 heavy (non-hydrogen) atoms. The van der Waals surface area contributed by atoms with Crippen LogP contribution in [0.15, 0.2) is 76.6 Å². The van der Waals surface area contributed by atoms with Gasteiger partial charge in [0.05, 0.1) is 41.1 Å². The van der Waals surface area contributed by atoms with Gasteiger partial charge in [-0.3, -0.25) is 9.52 Å². The second kappa shape index (κ2) is 9.33. The Bertz CT molecular complexity index is 1320. The number of aliphatic imine (C=N–C) groups is 1. The van der Waals surface area contributed by atoms with Crippen LogP contribution in [0.25, 0.3) is 0 Å². The van der Waals surface area contributed by atoms with Crippen LogP contribution in [0.3, 0.4) is 0 Å². The molecule has 4 rings (SSSR count). The summed E-state index contributed by atoms with van der Waals surface area (Å²) in [4.78, 5) is 17.6. The zero-order valence-corrected chi connectivity index (χ0v) is 19.0. The summed E-state index contributed by atoms with van der Waals surface area (Å²) in [6.07, 6.45) is 0. The molecule has 0 aliphatic carbocycles. The maximum absolute atomic E-state index is 13.2. The second-order valence-corrected chi connectivity index (χ2v) is 9.05. The molecule has 0 atom stereocenters. The number of nitrogens with one attached hydrogen (secondary N) is 2. The largest absolute Gasteiger partial charge is 0.497 e. The molecule has 8 nitrogen and oxygen atoms in total. The molecule has 3 aromatic carbocycles. The van der Waals surface area contributed by atoms with Crippen molar-refractivity contribution in [2.75, 3.05) is 30.3 Å². The summed E-state index contributed by atoms with van der Waals surface area (Å²) in [5, 5.41) is 2.84. The van der Waals surface area contributed by atoms with Gasteiger partial charge in [-0.15, -0.1) is 0 Å². The van der Waals surface area contributed by atoms with E-state index in [1.54, 1.807) is 36.4 Å². The molecule has 0 saturated carbocycles. The van der Waals surface area contributed by atoms with Gasteiger partial charge >= 0.3 is 0 Å². The normalized spacial score (nSPS) is 13.1. The van der Waals surface area contributed by atoms with Crippen molar-refractivity contribution in [1.29, 1.82) is 0 Å². The molecule has 9 heteroatoms. The fourth-order valence-corrected chi connectivity index (χ4v) is 4.39. The number of amides is 1. The third kappa shape index (κ3) is 4.98. The van der Waals surface area contributed by atoms with Crippen LogP contribution in [0.4, 0.5) is 11.4 Å². The van der Waals surface area contributed by atoms with Crippen LogP contribution < -0.4 is 14.8 Å². The Morgan fingerprint density at radius 3 is 2.48 bits per heavy atom. The number of ether oxygens (including phenoxy) is 2. The highest BCUT2D eigenvalue weighted by molar-refractivity contribution is 7.92. The van der Waals surface area contributed by atoms with Crippen molar-refractivity contribution in [3.05, 3.63) is 83.4 Å². The van der Waals surface area contributed by atoms with E-state index in [9.17, 15) is 13.2 Å². The van der Waals surface area contributed by atoms with Crippen molar-refractivity contribution >= 4 is 33.2 Å². The number of carbonyl (C=O) groups is 1. The molecule has 1 amide bonds. The molecule has 0 saturated heterocycles. The van der Waals surface area contributed by atoms with Crippen LogP contribution in [0.1, 0.15) is 21.5 Å². The van der Waals surface area contributed by atoms with Gasteiger partial charge in [-0.05, 0) is 43.3 Å². The molecule has 0 aromatic heterocycles. The molecule has 1 aliphatic rings. The molecule has 2 N–H and O–H groups in total. The number of para-hydroxylation sites is 1. The van der Waals surface area contributed by atoms with Crippen molar-refractivity contribution in [2.45, 2.75) is 11.8 Å². The van der Waals surface area contributed by atoms with Crippen LogP contribution >= 0.6 is 0 Å². The van der Waals surface area contributed by atoms with Gasteiger partial charge in [-0.1, -0.05) is 29.8 Å². The molecule has 1 heterocycles. The summed E-state index contributed by atoms with van der Waals surface area (Å²) in [6.45, 7) is 2.91. The first-order valence-electron chi connectivity index (χ1n) is 10.2. The highest BCUT2D eigenvalue weighted by Gasteiger charge is 2.21. The molecular weight excluding hydrogens is 442 g/mol. The number of hydrogen-bond donors (Lipinski definition) is 2. The van der Waals surface area contributed by atoms with E-state index in [2.05, 4.69) is 15.0 Å². The van der Waals surface area contributed by atoms with E-state index in [0.29, 0.717) is 36.0 Å². The Kier molecular flexibility index (Phi) is 6.32. The molecule has 0 spiro atoms. The fourth-order valence-electron chi connectivity index (χ4n) is 3.32. The number of rotatable bonds is 7. The van der Waals surface area contributed by atoms with Crippen molar-refractivity contribution in [1.82, 2.24) is 0 Å². The lowest BCUT2D eigenvalue weighted by molar-refractivity contribution is 0.102. The monoisotopic (exact) mass is 465 g/mol. The third-order valence-corrected chi connectivity index (χ3v) is 6.42. The molecular formula is C24H23N3O5S. The summed E-state index contributed by atoms with van der Waals surface area (Å²) >= 11 is 0. The van der Waals surface area contributed by atoms with Crippen LogP contribution in [0.5, 0.6) is 5.75 Å². The van der Waals surface area contributed by atoms with E-state index in [1.807, 2.05) is 13.0 Å². The zero-order valence-electron chi connectivity index (χ0n) is 18.2. The zero-order chi connectivity index (χ0) is 23.4. The summed E-state index contributed by atoms with van der Waals surface area (Å²) in [5.74, 6) is 0.369. The summed E-state index contributed by atoms with van der Waals surface area (Å²) in [6, 6.07) is 18.1. The average Bonchev–Trinajstić information content (AvgIpc) is 3.34. The van der Waals surface area contributed by atoms with Crippen LogP contribution in [-0.4, -0.2) is 40.5 Å². The van der Waals surface area contributed by atoms with E-state index in [1.165, 1.54) is 31.4 Å². The van der Waals surface area contributed by atoms with Gasteiger partial charge in [0.25, 0.3) is 15.9 Å². The minimum Gasteiger partial charge on any atom is -0.497 e. The maximum atomic E-state index is 13.2. The molecule has 3 aromatic rings. The highest BCUT2D eigenvalue weighted by Crippen LogP contribution is 2.27. The third-order valence-electron chi connectivity index (χ3n) is 5.04. The Labute approximate surface area is 192 Å². The fraction of sp³-hybridized carbons (Fsp3) is 0.167. The standard InChI is InChI=1S/C24H23N3O5S/c1-16-7-10-18(11-8-16)33(29,30)27-22-15-17(31-2)9-12-19(22)23(28)26-21-6-4-3-5-20(21)24-25-13-14-32-24/h3-12,15,27H,13-14H2,1-2H3,(H,26,28). The number of sulfonamides is 1. The highest BCUT2D eigenvalue weighted by atomic mass is 32.2. The number of aryl methyl sites for hydroxylation is 1. The van der Waals surface area contributed by atoms with E-state index >= 15 is 0 Å². The van der Waals surface area contributed by atoms with E-state index < -0.39 is 15.9 Å². The quantitative estimate of drug-likeness (QED) is 0.552. The lowest BCUT2D eigenvalue weighted by atomic mass is 10.1. The van der Waals surface area contributed by atoms with E-state index in [0.717, 1.165) is 5.56 Å². The summed E-state index contributed by atoms with van der Waals surface area (Å²) in [7, 11) is -2.47. The molecule has 170 valence electrons. The molecule has 0 fully saturated rings. The van der Waals surface area contributed by atoms with Crippen LogP contribution in [-0.2, 0) is 14.8 Å². The number of hydrogen-bond acceptors (Lipinski definition) is 6. The SMILES string of the molecule is COc1ccc(C(=O)Nc2ccccc2C2=NCCO2)c(NS(=O)(=O)c2ccc(C)cc2)c1. The Morgan fingerprint density at radius 1 is 1.03 bits per heavy atom. The Hall–Kier alpha value is -3.85. The lowest BCUT2D eigenvalue weighted by Crippen LogP contribution is -2.20.